The first-order chi connectivity index (χ1) is 14.8. The van der Waals surface area contributed by atoms with Gasteiger partial charge in [0.2, 0.25) is 5.91 Å². The minimum Gasteiger partial charge on any atom is -0.367 e. The van der Waals surface area contributed by atoms with Crippen molar-refractivity contribution >= 4 is 34.8 Å². The standard InChI is InChI=1S/C23H25ClN4O3/c1-14-12-15(2)28(27-14)16(3)22(29)26-20-11-10-18(13-19(20)24)25-23(30)21(31-4)17-8-6-5-7-9-17/h5-13,16,21H,1-4H3,(H,25,30)(H,26,29). The van der Waals surface area contributed by atoms with Gasteiger partial charge in [-0.1, -0.05) is 41.9 Å². The van der Waals surface area contributed by atoms with Crippen LogP contribution < -0.4 is 10.6 Å². The monoisotopic (exact) mass is 440 g/mol. The summed E-state index contributed by atoms with van der Waals surface area (Å²) in [6.07, 6.45) is -0.749. The van der Waals surface area contributed by atoms with Gasteiger partial charge in [0, 0.05) is 18.5 Å². The van der Waals surface area contributed by atoms with E-state index in [9.17, 15) is 9.59 Å². The van der Waals surface area contributed by atoms with E-state index in [1.165, 1.54) is 7.11 Å². The minimum atomic E-state index is -0.749. The molecule has 2 amide bonds. The molecule has 8 heteroatoms. The van der Waals surface area contributed by atoms with Crippen LogP contribution >= 0.6 is 11.6 Å². The molecule has 2 N–H and O–H groups in total. The number of hydrogen-bond donors (Lipinski definition) is 2. The number of nitrogens with one attached hydrogen (secondary N) is 2. The zero-order chi connectivity index (χ0) is 22.5. The molecule has 0 aliphatic carbocycles. The molecule has 0 spiro atoms. The molecular weight excluding hydrogens is 416 g/mol. The maximum atomic E-state index is 12.7. The molecule has 2 atom stereocenters. The SMILES string of the molecule is COC(C(=O)Nc1ccc(NC(=O)C(C)n2nc(C)cc2C)c(Cl)c1)c1ccccc1. The second-order valence-electron chi connectivity index (χ2n) is 7.25. The molecule has 1 heterocycles. The molecule has 2 aromatic carbocycles. The number of aryl methyl sites for hydroxylation is 2. The summed E-state index contributed by atoms with van der Waals surface area (Å²) in [5.74, 6) is -0.562. The second-order valence-corrected chi connectivity index (χ2v) is 7.65. The van der Waals surface area contributed by atoms with Crippen LogP contribution in [-0.2, 0) is 14.3 Å². The highest BCUT2D eigenvalue weighted by Crippen LogP contribution is 2.28. The number of aromatic nitrogens is 2. The zero-order valence-electron chi connectivity index (χ0n) is 17.8. The van der Waals surface area contributed by atoms with Crippen LogP contribution in [0.25, 0.3) is 0 Å². The van der Waals surface area contributed by atoms with Gasteiger partial charge in [0.1, 0.15) is 6.04 Å². The summed E-state index contributed by atoms with van der Waals surface area (Å²) >= 11 is 6.35. The van der Waals surface area contributed by atoms with Crippen molar-refractivity contribution in [3.8, 4) is 0 Å². The Morgan fingerprint density at radius 3 is 2.32 bits per heavy atom. The third-order valence-electron chi connectivity index (χ3n) is 4.86. The van der Waals surface area contributed by atoms with Crippen molar-refractivity contribution in [3.05, 3.63) is 76.6 Å². The van der Waals surface area contributed by atoms with Crippen LogP contribution in [0.3, 0.4) is 0 Å². The Bertz CT molecular complexity index is 1080. The summed E-state index contributed by atoms with van der Waals surface area (Å²) in [6.45, 7) is 5.55. The van der Waals surface area contributed by atoms with Gasteiger partial charge in [0.15, 0.2) is 6.10 Å². The fourth-order valence-electron chi connectivity index (χ4n) is 3.31. The number of rotatable bonds is 7. The molecule has 7 nitrogen and oxygen atoms in total. The van der Waals surface area contributed by atoms with E-state index in [2.05, 4.69) is 15.7 Å². The lowest BCUT2D eigenvalue weighted by Crippen LogP contribution is -2.25. The number of ether oxygens (including phenoxy) is 1. The van der Waals surface area contributed by atoms with Crippen LogP contribution in [0.5, 0.6) is 0 Å². The third kappa shape index (κ3) is 5.31. The van der Waals surface area contributed by atoms with Crippen LogP contribution in [0.2, 0.25) is 5.02 Å². The molecule has 0 aliphatic heterocycles. The van der Waals surface area contributed by atoms with Gasteiger partial charge in [-0.3, -0.25) is 14.3 Å². The minimum absolute atomic E-state index is 0.242. The second kappa shape index (κ2) is 9.76. The van der Waals surface area contributed by atoms with E-state index >= 15 is 0 Å². The van der Waals surface area contributed by atoms with E-state index in [4.69, 9.17) is 16.3 Å². The smallest absolute Gasteiger partial charge is 0.258 e. The van der Waals surface area contributed by atoms with Crippen molar-refractivity contribution in [3.63, 3.8) is 0 Å². The summed E-state index contributed by atoms with van der Waals surface area (Å²) in [4.78, 5) is 25.3. The average molecular weight is 441 g/mol. The molecule has 0 saturated heterocycles. The summed E-state index contributed by atoms with van der Waals surface area (Å²) in [5.41, 5.74) is 3.44. The Morgan fingerprint density at radius 2 is 1.74 bits per heavy atom. The number of benzene rings is 2. The lowest BCUT2D eigenvalue weighted by molar-refractivity contribution is -0.126. The maximum absolute atomic E-state index is 12.7. The Morgan fingerprint density at radius 1 is 1.03 bits per heavy atom. The maximum Gasteiger partial charge on any atom is 0.258 e. The Hall–Kier alpha value is -3.16. The number of nitrogens with zero attached hydrogens (tertiary/aromatic N) is 2. The first-order valence-corrected chi connectivity index (χ1v) is 10.2. The predicted octanol–water partition coefficient (Wildman–Crippen LogP) is 4.68. The number of carbonyl (C=O) groups excluding carboxylic acids is 2. The molecule has 1 aromatic heterocycles. The first-order valence-electron chi connectivity index (χ1n) is 9.82. The largest absolute Gasteiger partial charge is 0.367 e. The Balaban J connectivity index is 1.69. The van der Waals surface area contributed by atoms with E-state index in [-0.39, 0.29) is 11.8 Å². The Labute approximate surface area is 186 Å². The average Bonchev–Trinajstić information content (AvgIpc) is 3.08. The fraction of sp³-hybridized carbons (Fsp3) is 0.261. The van der Waals surface area contributed by atoms with Crippen molar-refractivity contribution in [1.29, 1.82) is 0 Å². The van der Waals surface area contributed by atoms with Crippen molar-refractivity contribution in [2.45, 2.75) is 32.9 Å². The molecule has 0 saturated carbocycles. The zero-order valence-corrected chi connectivity index (χ0v) is 18.6. The molecule has 0 fully saturated rings. The molecule has 3 aromatic rings. The summed E-state index contributed by atoms with van der Waals surface area (Å²) < 4.78 is 7.01. The number of methoxy groups -OCH3 is 1. The lowest BCUT2D eigenvalue weighted by atomic mass is 10.1. The van der Waals surface area contributed by atoms with E-state index in [1.54, 1.807) is 29.8 Å². The molecule has 0 aliphatic rings. The Kier molecular flexibility index (Phi) is 7.09. The summed E-state index contributed by atoms with van der Waals surface area (Å²) in [5, 5.41) is 10.3. The number of halogens is 1. The molecule has 0 bridgehead atoms. The summed E-state index contributed by atoms with van der Waals surface area (Å²) in [6, 6.07) is 15.5. The van der Waals surface area contributed by atoms with Crippen LogP contribution in [0.15, 0.2) is 54.6 Å². The van der Waals surface area contributed by atoms with Gasteiger partial charge in [-0.15, -0.1) is 0 Å². The highest BCUT2D eigenvalue weighted by molar-refractivity contribution is 6.34. The molecule has 3 rings (SSSR count). The number of anilines is 2. The van der Waals surface area contributed by atoms with Gasteiger partial charge >= 0.3 is 0 Å². The quantitative estimate of drug-likeness (QED) is 0.558. The molecule has 2 unspecified atom stereocenters. The number of hydrogen-bond acceptors (Lipinski definition) is 4. The van der Waals surface area contributed by atoms with E-state index in [1.807, 2.05) is 50.2 Å². The van der Waals surface area contributed by atoms with Crippen molar-refractivity contribution < 1.29 is 14.3 Å². The van der Waals surface area contributed by atoms with Gasteiger partial charge in [0.05, 0.1) is 16.4 Å². The molecule has 0 radical (unpaired) electrons. The predicted molar refractivity (Wildman–Crippen MR) is 121 cm³/mol. The highest BCUT2D eigenvalue weighted by Gasteiger charge is 2.21. The highest BCUT2D eigenvalue weighted by atomic mass is 35.5. The van der Waals surface area contributed by atoms with Gasteiger partial charge in [0.25, 0.3) is 5.91 Å². The van der Waals surface area contributed by atoms with E-state index in [0.29, 0.717) is 16.4 Å². The molecular formula is C23H25ClN4O3. The van der Waals surface area contributed by atoms with Crippen molar-refractivity contribution in [2.75, 3.05) is 17.7 Å². The summed E-state index contributed by atoms with van der Waals surface area (Å²) in [7, 11) is 1.48. The molecule has 31 heavy (non-hydrogen) atoms. The van der Waals surface area contributed by atoms with Crippen LogP contribution in [0, 0.1) is 13.8 Å². The van der Waals surface area contributed by atoms with Gasteiger partial charge in [-0.2, -0.15) is 5.10 Å². The van der Waals surface area contributed by atoms with E-state index in [0.717, 1.165) is 17.0 Å². The van der Waals surface area contributed by atoms with Crippen molar-refractivity contribution in [1.82, 2.24) is 9.78 Å². The normalized spacial score (nSPS) is 12.8. The van der Waals surface area contributed by atoms with Crippen LogP contribution in [0.4, 0.5) is 11.4 Å². The van der Waals surface area contributed by atoms with Crippen molar-refractivity contribution in [2.24, 2.45) is 0 Å². The van der Waals surface area contributed by atoms with Gasteiger partial charge in [-0.25, -0.2) is 0 Å². The lowest BCUT2D eigenvalue weighted by Gasteiger charge is -2.17. The van der Waals surface area contributed by atoms with Gasteiger partial charge < -0.3 is 15.4 Å². The van der Waals surface area contributed by atoms with Gasteiger partial charge in [-0.05, 0) is 50.6 Å². The number of amides is 2. The first kappa shape index (κ1) is 22.5. The molecule has 162 valence electrons. The van der Waals surface area contributed by atoms with E-state index < -0.39 is 12.1 Å². The number of carbonyl (C=O) groups is 2. The van der Waals surface area contributed by atoms with Crippen LogP contribution in [-0.4, -0.2) is 28.7 Å². The third-order valence-corrected chi connectivity index (χ3v) is 5.17. The fourth-order valence-corrected chi connectivity index (χ4v) is 3.54. The van der Waals surface area contributed by atoms with Crippen LogP contribution in [0.1, 0.15) is 36.0 Å². The topological polar surface area (TPSA) is 85.3 Å².